The molecule has 1 saturated heterocycles. The summed E-state index contributed by atoms with van der Waals surface area (Å²) < 4.78 is 13.0. The van der Waals surface area contributed by atoms with Gasteiger partial charge in [0.25, 0.3) is 0 Å². The average Bonchev–Trinajstić information content (AvgIpc) is 2.63. The molecule has 0 N–H and O–H groups in total. The van der Waals surface area contributed by atoms with Crippen LogP contribution in [0.1, 0.15) is 25.8 Å². The molecule has 2 aliphatic rings. The minimum absolute atomic E-state index is 0.0800. The molecule has 2 heteroatoms. The Bertz CT molecular complexity index is 592. The highest BCUT2D eigenvalue weighted by atomic mass is 19.1. The molecule has 1 atom stereocenters. The largest absolute Gasteiger partial charge is 0.344 e. The Hall–Kier alpha value is -1.83. The normalized spacial score (nSPS) is 23.8. The van der Waals surface area contributed by atoms with Crippen molar-refractivity contribution in [1.29, 1.82) is 0 Å². The molecular weight excluding hydrogens is 249 g/mol. The van der Waals surface area contributed by atoms with Gasteiger partial charge >= 0.3 is 0 Å². The molecule has 0 amide bonds. The van der Waals surface area contributed by atoms with Gasteiger partial charge in [0.1, 0.15) is 5.82 Å². The molecule has 3 rings (SSSR count). The van der Waals surface area contributed by atoms with Gasteiger partial charge in [0.15, 0.2) is 0 Å². The van der Waals surface area contributed by atoms with Gasteiger partial charge in [-0.2, -0.15) is 0 Å². The van der Waals surface area contributed by atoms with Crippen molar-refractivity contribution < 1.29 is 4.39 Å². The zero-order valence-corrected chi connectivity index (χ0v) is 12.1. The van der Waals surface area contributed by atoms with E-state index in [0.29, 0.717) is 5.92 Å². The van der Waals surface area contributed by atoms with Crippen LogP contribution in [0.5, 0.6) is 0 Å². The number of nitrogens with zero attached hydrogens (tertiary/aromatic N) is 1. The third kappa shape index (κ3) is 2.00. The van der Waals surface area contributed by atoms with E-state index in [2.05, 4.69) is 43.6 Å². The molecule has 20 heavy (non-hydrogen) atoms. The van der Waals surface area contributed by atoms with Crippen LogP contribution in [-0.4, -0.2) is 4.90 Å². The molecule has 1 heterocycles. The molecule has 0 bridgehead atoms. The maximum absolute atomic E-state index is 13.0. The first-order valence-electron chi connectivity index (χ1n) is 7.08. The van der Waals surface area contributed by atoms with Crippen LogP contribution < -0.4 is 0 Å². The summed E-state index contributed by atoms with van der Waals surface area (Å²) in [7, 11) is 0. The smallest absolute Gasteiger partial charge is 0.123 e. The molecule has 0 radical (unpaired) electrons. The van der Waals surface area contributed by atoms with Crippen LogP contribution in [0.2, 0.25) is 0 Å². The fraction of sp³-hybridized carbons (Fsp3) is 0.333. The van der Waals surface area contributed by atoms with Crippen LogP contribution in [0.25, 0.3) is 0 Å². The summed E-state index contributed by atoms with van der Waals surface area (Å²) >= 11 is 0. The molecule has 0 aromatic heterocycles. The van der Waals surface area contributed by atoms with Gasteiger partial charge in [0, 0.05) is 29.3 Å². The molecule has 0 spiro atoms. The summed E-state index contributed by atoms with van der Waals surface area (Å²) in [6, 6.07) is 6.74. The van der Waals surface area contributed by atoms with Gasteiger partial charge in [-0.3, -0.25) is 0 Å². The highest BCUT2D eigenvalue weighted by molar-refractivity contribution is 5.36. The Balaban J connectivity index is 1.92. The Morgan fingerprint density at radius 1 is 1.30 bits per heavy atom. The van der Waals surface area contributed by atoms with Crippen molar-refractivity contribution in [1.82, 2.24) is 4.90 Å². The third-order valence-electron chi connectivity index (χ3n) is 4.64. The van der Waals surface area contributed by atoms with Crippen molar-refractivity contribution in [3.8, 4) is 0 Å². The Kier molecular flexibility index (Phi) is 3.04. The summed E-state index contributed by atoms with van der Waals surface area (Å²) in [5.74, 6) is 0.312. The average molecular weight is 269 g/mol. The summed E-state index contributed by atoms with van der Waals surface area (Å²) in [6.07, 6.45) is 7.61. The third-order valence-corrected chi connectivity index (χ3v) is 4.64. The first kappa shape index (κ1) is 13.2. The van der Waals surface area contributed by atoms with Gasteiger partial charge in [-0.05, 0) is 30.2 Å². The van der Waals surface area contributed by atoms with Crippen LogP contribution in [0.4, 0.5) is 4.39 Å². The number of likely N-dealkylation sites (tertiary alicyclic amines) is 1. The second-order valence-corrected chi connectivity index (χ2v) is 6.19. The highest BCUT2D eigenvalue weighted by Gasteiger charge is 2.45. The predicted octanol–water partition coefficient (Wildman–Crippen LogP) is 4.64. The molecule has 104 valence electrons. The molecule has 1 aromatic rings. The van der Waals surface area contributed by atoms with E-state index in [0.717, 1.165) is 24.2 Å². The van der Waals surface area contributed by atoms with Crippen LogP contribution in [0, 0.1) is 17.2 Å². The van der Waals surface area contributed by atoms with E-state index in [1.807, 2.05) is 12.1 Å². The van der Waals surface area contributed by atoms with E-state index in [1.165, 1.54) is 17.8 Å². The Labute approximate surface area is 120 Å². The molecule has 1 unspecified atom stereocenters. The van der Waals surface area contributed by atoms with Gasteiger partial charge in [0.2, 0.25) is 0 Å². The number of allylic oxidation sites excluding steroid dienone is 5. The first-order chi connectivity index (χ1) is 9.50. The maximum atomic E-state index is 13.0. The number of hydrogen-bond acceptors (Lipinski definition) is 1. The van der Waals surface area contributed by atoms with Gasteiger partial charge < -0.3 is 4.90 Å². The Morgan fingerprint density at radius 2 is 2.00 bits per heavy atom. The van der Waals surface area contributed by atoms with Crippen LogP contribution in [0.15, 0.2) is 60.5 Å². The lowest BCUT2D eigenvalue weighted by Crippen LogP contribution is -2.20. The molecule has 1 fully saturated rings. The van der Waals surface area contributed by atoms with Crippen molar-refractivity contribution in [2.45, 2.75) is 26.8 Å². The van der Waals surface area contributed by atoms with Crippen molar-refractivity contribution in [2.75, 3.05) is 0 Å². The van der Waals surface area contributed by atoms with E-state index in [-0.39, 0.29) is 11.2 Å². The van der Waals surface area contributed by atoms with Crippen LogP contribution in [0.3, 0.4) is 0 Å². The number of fused-ring (bicyclic) bond motifs is 1. The lowest BCUT2D eigenvalue weighted by molar-refractivity contribution is 0.338. The fourth-order valence-electron chi connectivity index (χ4n) is 3.22. The zero-order chi connectivity index (χ0) is 14.3. The van der Waals surface area contributed by atoms with Crippen molar-refractivity contribution >= 4 is 0 Å². The van der Waals surface area contributed by atoms with Crippen molar-refractivity contribution in [3.05, 3.63) is 71.8 Å². The minimum Gasteiger partial charge on any atom is -0.344 e. The van der Waals surface area contributed by atoms with E-state index >= 15 is 0 Å². The number of hydrogen-bond donors (Lipinski definition) is 0. The molecule has 0 saturated carbocycles. The number of halogens is 1. The fourth-order valence-corrected chi connectivity index (χ4v) is 3.22. The van der Waals surface area contributed by atoms with E-state index in [1.54, 1.807) is 0 Å². The number of rotatable bonds is 2. The zero-order valence-electron chi connectivity index (χ0n) is 12.1. The topological polar surface area (TPSA) is 3.24 Å². The Morgan fingerprint density at radius 3 is 2.70 bits per heavy atom. The first-order valence-corrected chi connectivity index (χ1v) is 7.08. The quantitative estimate of drug-likeness (QED) is 0.756. The van der Waals surface area contributed by atoms with Crippen molar-refractivity contribution in [2.24, 2.45) is 11.3 Å². The standard InChI is InChI=1S/C18H20FN/c1-13-18(2,3)16-6-4-5-7-17(16)20(13)12-14-8-10-15(19)11-9-14/h4-5,7-11,16H,1,6,12H2,2-3H3. The summed E-state index contributed by atoms with van der Waals surface area (Å²) in [5, 5.41) is 0. The van der Waals surface area contributed by atoms with E-state index < -0.39 is 0 Å². The second kappa shape index (κ2) is 4.62. The highest BCUT2D eigenvalue weighted by Crippen LogP contribution is 2.52. The molecule has 1 nitrogen and oxygen atoms in total. The van der Waals surface area contributed by atoms with Gasteiger partial charge in [-0.25, -0.2) is 4.39 Å². The van der Waals surface area contributed by atoms with Crippen molar-refractivity contribution in [3.63, 3.8) is 0 Å². The molecular formula is C18H20FN. The van der Waals surface area contributed by atoms with E-state index in [4.69, 9.17) is 0 Å². The summed E-state index contributed by atoms with van der Waals surface area (Å²) in [6.45, 7) is 9.60. The lowest BCUT2D eigenvalue weighted by Gasteiger charge is -2.26. The summed E-state index contributed by atoms with van der Waals surface area (Å²) in [4.78, 5) is 2.29. The molecule has 1 aliphatic heterocycles. The molecule has 1 aliphatic carbocycles. The van der Waals surface area contributed by atoms with Gasteiger partial charge in [0.05, 0.1) is 0 Å². The maximum Gasteiger partial charge on any atom is 0.123 e. The van der Waals surface area contributed by atoms with Gasteiger partial charge in [-0.15, -0.1) is 0 Å². The van der Waals surface area contributed by atoms with Gasteiger partial charge in [-0.1, -0.05) is 44.7 Å². The summed E-state index contributed by atoms with van der Waals surface area (Å²) in [5.41, 5.74) is 3.68. The lowest BCUT2D eigenvalue weighted by atomic mass is 9.76. The monoisotopic (exact) mass is 269 g/mol. The van der Waals surface area contributed by atoms with Crippen LogP contribution >= 0.6 is 0 Å². The number of benzene rings is 1. The van der Waals surface area contributed by atoms with Crippen LogP contribution in [-0.2, 0) is 6.54 Å². The second-order valence-electron chi connectivity index (χ2n) is 6.19. The van der Waals surface area contributed by atoms with E-state index in [9.17, 15) is 4.39 Å². The molecule has 1 aromatic carbocycles. The minimum atomic E-state index is -0.188. The predicted molar refractivity (Wildman–Crippen MR) is 80.2 cm³/mol. The SMILES string of the molecule is C=C1N(Cc2ccc(F)cc2)C2=CC=CCC2C1(C)C.